The van der Waals surface area contributed by atoms with Crippen LogP contribution in [0.3, 0.4) is 0 Å². The molecule has 0 unspecified atom stereocenters. The Labute approximate surface area is 156 Å². The van der Waals surface area contributed by atoms with Gasteiger partial charge in [0.1, 0.15) is 23.6 Å². The van der Waals surface area contributed by atoms with E-state index in [0.717, 1.165) is 29.7 Å². The summed E-state index contributed by atoms with van der Waals surface area (Å²) >= 11 is 0. The molecule has 0 aliphatic carbocycles. The number of aromatic amines is 1. The van der Waals surface area contributed by atoms with Crippen LogP contribution >= 0.6 is 0 Å². The van der Waals surface area contributed by atoms with Crippen molar-refractivity contribution in [1.29, 1.82) is 0 Å². The predicted octanol–water partition coefficient (Wildman–Crippen LogP) is 2.61. The Morgan fingerprint density at radius 2 is 2.19 bits per heavy atom. The first kappa shape index (κ1) is 17.3. The van der Waals surface area contributed by atoms with Crippen molar-refractivity contribution >= 4 is 28.4 Å². The van der Waals surface area contributed by atoms with Crippen molar-refractivity contribution in [2.45, 2.75) is 18.9 Å². The van der Waals surface area contributed by atoms with Crippen LogP contribution in [0.4, 0.5) is 15.9 Å². The van der Waals surface area contributed by atoms with E-state index in [1.54, 1.807) is 18.2 Å². The number of aromatic nitrogens is 3. The van der Waals surface area contributed by atoms with Crippen LogP contribution in [0.15, 0.2) is 42.9 Å². The Hall–Kier alpha value is -3.16. The fourth-order valence-electron chi connectivity index (χ4n) is 3.39. The highest BCUT2D eigenvalue weighted by atomic mass is 19.1. The van der Waals surface area contributed by atoms with Gasteiger partial charge in [-0.15, -0.1) is 0 Å². The van der Waals surface area contributed by atoms with Crippen molar-refractivity contribution < 1.29 is 9.18 Å². The second-order valence-electron chi connectivity index (χ2n) is 6.62. The number of nitrogens with one attached hydrogen (secondary N) is 3. The number of para-hydroxylation sites is 1. The fraction of sp³-hybridized carbons (Fsp3) is 0.316. The van der Waals surface area contributed by atoms with Crippen molar-refractivity contribution in [3.8, 4) is 0 Å². The third-order valence-electron chi connectivity index (χ3n) is 4.77. The minimum Gasteiger partial charge on any atom is -0.374 e. The van der Waals surface area contributed by atoms with Crippen LogP contribution < -0.4 is 10.6 Å². The van der Waals surface area contributed by atoms with Crippen molar-refractivity contribution in [3.63, 3.8) is 0 Å². The van der Waals surface area contributed by atoms with Crippen LogP contribution in [0.25, 0.3) is 11.0 Å². The van der Waals surface area contributed by atoms with Crippen LogP contribution in [0.5, 0.6) is 0 Å². The Morgan fingerprint density at radius 3 is 3.07 bits per heavy atom. The third kappa shape index (κ3) is 3.84. The number of halogens is 1. The average Bonchev–Trinajstić information content (AvgIpc) is 3.17. The second-order valence-corrected chi connectivity index (χ2v) is 6.62. The summed E-state index contributed by atoms with van der Waals surface area (Å²) in [6.07, 6.45) is 5.21. The fourth-order valence-corrected chi connectivity index (χ4v) is 3.39. The Kier molecular flexibility index (Phi) is 4.86. The van der Waals surface area contributed by atoms with E-state index in [4.69, 9.17) is 0 Å². The van der Waals surface area contributed by atoms with Gasteiger partial charge < -0.3 is 20.5 Å². The van der Waals surface area contributed by atoms with E-state index in [2.05, 4.69) is 25.6 Å². The van der Waals surface area contributed by atoms with Crippen LogP contribution in [0, 0.1) is 5.82 Å². The number of carbonyl (C=O) groups is 1. The third-order valence-corrected chi connectivity index (χ3v) is 4.77. The number of likely N-dealkylation sites (tertiary alicyclic amines) is 1. The van der Waals surface area contributed by atoms with Gasteiger partial charge in [0, 0.05) is 25.3 Å². The van der Waals surface area contributed by atoms with Gasteiger partial charge >= 0.3 is 0 Å². The summed E-state index contributed by atoms with van der Waals surface area (Å²) in [5, 5.41) is 7.25. The molecule has 1 aliphatic rings. The number of hydrogen-bond donors (Lipinski definition) is 3. The molecular formula is C19H21FN6O. The number of hydrogen-bond acceptors (Lipinski definition) is 5. The van der Waals surface area contributed by atoms with Crippen LogP contribution in [0.1, 0.15) is 12.8 Å². The van der Waals surface area contributed by atoms with E-state index in [1.165, 1.54) is 12.4 Å². The van der Waals surface area contributed by atoms with Gasteiger partial charge in [-0.1, -0.05) is 12.1 Å². The van der Waals surface area contributed by atoms with Crippen molar-refractivity contribution in [1.82, 2.24) is 19.9 Å². The van der Waals surface area contributed by atoms with Gasteiger partial charge in [0.05, 0.1) is 17.6 Å². The van der Waals surface area contributed by atoms with Gasteiger partial charge in [-0.2, -0.15) is 0 Å². The molecule has 1 aliphatic heterocycles. The molecule has 1 fully saturated rings. The topological polar surface area (TPSA) is 85.9 Å². The lowest BCUT2D eigenvalue weighted by Crippen LogP contribution is -2.47. The molecule has 140 valence electrons. The van der Waals surface area contributed by atoms with Crippen molar-refractivity contribution in [2.75, 3.05) is 30.3 Å². The molecule has 27 heavy (non-hydrogen) atoms. The highest BCUT2D eigenvalue weighted by Gasteiger charge is 2.24. The summed E-state index contributed by atoms with van der Waals surface area (Å²) in [6, 6.07) is 8.40. The molecule has 0 saturated carbocycles. The lowest BCUT2D eigenvalue weighted by Gasteiger charge is -2.33. The van der Waals surface area contributed by atoms with E-state index >= 15 is 0 Å². The number of nitrogens with zero attached hydrogens (tertiary/aromatic N) is 3. The largest absolute Gasteiger partial charge is 0.374 e. The molecule has 0 radical (unpaired) electrons. The van der Waals surface area contributed by atoms with Gasteiger partial charge in [-0.05, 0) is 31.0 Å². The quantitative estimate of drug-likeness (QED) is 0.645. The maximum atomic E-state index is 13.7. The highest BCUT2D eigenvalue weighted by molar-refractivity contribution is 5.87. The maximum absolute atomic E-state index is 13.7. The first-order valence-electron chi connectivity index (χ1n) is 9.01. The molecule has 3 aromatic rings. The summed E-state index contributed by atoms with van der Waals surface area (Å²) in [6.45, 7) is 1.37. The van der Waals surface area contributed by atoms with Crippen LogP contribution in [-0.2, 0) is 4.79 Å². The predicted molar refractivity (Wildman–Crippen MR) is 102 cm³/mol. The molecule has 0 bridgehead atoms. The standard InChI is InChI=1S/C19H21FN6O/c20-15-5-1-2-6-16(15)22-10-17(27)26-9-3-4-13(11-26)25-19-14-7-8-21-18(14)23-12-24-19/h1-2,5-8,12-13,22H,3-4,9-11H2,(H2,21,23,24,25)/t13-/m0/s1. The van der Waals surface area contributed by atoms with E-state index in [9.17, 15) is 9.18 Å². The number of H-pyrrole nitrogens is 1. The van der Waals surface area contributed by atoms with Crippen LogP contribution in [0.2, 0.25) is 0 Å². The summed E-state index contributed by atoms with van der Waals surface area (Å²) in [4.78, 5) is 25.9. The SMILES string of the molecule is O=C(CNc1ccccc1F)N1CCC[C@H](Nc2ncnc3[nH]ccc23)C1. The molecule has 1 amide bonds. The Balaban J connectivity index is 1.37. The number of benzene rings is 1. The Morgan fingerprint density at radius 1 is 1.30 bits per heavy atom. The molecule has 8 heteroatoms. The van der Waals surface area contributed by atoms with Crippen molar-refractivity contribution in [2.24, 2.45) is 0 Å². The van der Waals surface area contributed by atoms with E-state index < -0.39 is 0 Å². The van der Waals surface area contributed by atoms with Crippen LogP contribution in [-0.4, -0.2) is 51.4 Å². The van der Waals surface area contributed by atoms with E-state index in [0.29, 0.717) is 18.8 Å². The number of carbonyl (C=O) groups excluding carboxylic acids is 1. The molecule has 1 aromatic carbocycles. The highest BCUT2D eigenvalue weighted by Crippen LogP contribution is 2.21. The lowest BCUT2D eigenvalue weighted by atomic mass is 10.1. The van der Waals surface area contributed by atoms with Gasteiger partial charge in [0.15, 0.2) is 0 Å². The number of amides is 1. The summed E-state index contributed by atoms with van der Waals surface area (Å²) < 4.78 is 13.7. The minimum absolute atomic E-state index is 0.0424. The Bertz CT molecular complexity index is 943. The van der Waals surface area contributed by atoms with Gasteiger partial charge in [0.25, 0.3) is 0 Å². The minimum atomic E-state index is -0.359. The maximum Gasteiger partial charge on any atom is 0.241 e. The number of piperidine rings is 1. The average molecular weight is 368 g/mol. The van der Waals surface area contributed by atoms with E-state index in [-0.39, 0.29) is 24.3 Å². The molecule has 3 N–H and O–H groups in total. The molecule has 2 aromatic heterocycles. The molecule has 1 atom stereocenters. The number of fused-ring (bicyclic) bond motifs is 1. The van der Waals surface area contributed by atoms with Crippen molar-refractivity contribution in [3.05, 3.63) is 48.7 Å². The zero-order valence-electron chi connectivity index (χ0n) is 14.8. The second kappa shape index (κ2) is 7.61. The lowest BCUT2D eigenvalue weighted by molar-refractivity contribution is -0.130. The smallest absolute Gasteiger partial charge is 0.241 e. The summed E-state index contributed by atoms with van der Waals surface area (Å²) in [5.41, 5.74) is 1.12. The van der Waals surface area contributed by atoms with Gasteiger partial charge in [0.2, 0.25) is 5.91 Å². The van der Waals surface area contributed by atoms with Gasteiger partial charge in [-0.3, -0.25) is 4.79 Å². The summed E-state index contributed by atoms with van der Waals surface area (Å²) in [5.74, 6) is 0.368. The molecule has 1 saturated heterocycles. The van der Waals surface area contributed by atoms with E-state index in [1.807, 2.05) is 17.2 Å². The summed E-state index contributed by atoms with van der Waals surface area (Å²) in [7, 11) is 0. The zero-order valence-corrected chi connectivity index (χ0v) is 14.8. The van der Waals surface area contributed by atoms with Gasteiger partial charge in [-0.25, -0.2) is 14.4 Å². The molecular weight excluding hydrogens is 347 g/mol. The first-order chi connectivity index (χ1) is 13.2. The normalized spacial score (nSPS) is 17.1. The monoisotopic (exact) mass is 368 g/mol. The number of rotatable bonds is 5. The molecule has 0 spiro atoms. The molecule has 4 rings (SSSR count). The first-order valence-corrected chi connectivity index (χ1v) is 9.01. The zero-order chi connectivity index (χ0) is 18.6. The number of anilines is 2. The molecule has 3 heterocycles. The molecule has 7 nitrogen and oxygen atoms in total.